The first-order valence-electron chi connectivity index (χ1n) is 5.03. The van der Waals surface area contributed by atoms with Gasteiger partial charge in [-0.1, -0.05) is 26.0 Å². The number of hydrogen-bond acceptors (Lipinski definition) is 3. The summed E-state index contributed by atoms with van der Waals surface area (Å²) in [6.07, 6.45) is 0. The molecule has 1 aromatic rings. The predicted octanol–water partition coefficient (Wildman–Crippen LogP) is 2.76. The molecule has 0 aliphatic carbocycles. The van der Waals surface area contributed by atoms with E-state index < -0.39 is 9.05 Å². The van der Waals surface area contributed by atoms with Crippen LogP contribution in [0.4, 0.5) is 0 Å². The van der Waals surface area contributed by atoms with E-state index in [1.807, 2.05) is 18.2 Å². The maximum Gasteiger partial charge on any atom is 0.235 e. The lowest BCUT2D eigenvalue weighted by atomic mass is 10.0. The second-order valence-electron chi connectivity index (χ2n) is 3.82. The van der Waals surface area contributed by atoms with Gasteiger partial charge in [0.05, 0.1) is 5.75 Å². The molecule has 0 saturated carbocycles. The average Bonchev–Trinajstić information content (AvgIpc) is 2.16. The Hall–Kier alpha value is -0.740. The fraction of sp³-hybridized carbons (Fsp3) is 0.455. The Morgan fingerprint density at radius 2 is 2.06 bits per heavy atom. The van der Waals surface area contributed by atoms with Gasteiger partial charge in [-0.3, -0.25) is 0 Å². The van der Waals surface area contributed by atoms with E-state index in [4.69, 9.17) is 15.4 Å². The lowest BCUT2D eigenvalue weighted by Gasteiger charge is -2.09. The molecule has 1 aromatic carbocycles. The van der Waals surface area contributed by atoms with E-state index in [0.717, 1.165) is 5.56 Å². The minimum Gasteiger partial charge on any atom is -0.492 e. The molecule has 0 radical (unpaired) electrons. The second-order valence-corrected chi connectivity index (χ2v) is 6.72. The molecule has 0 heterocycles. The van der Waals surface area contributed by atoms with Crippen LogP contribution in [-0.4, -0.2) is 20.8 Å². The number of rotatable bonds is 5. The number of halogens is 1. The Morgan fingerprint density at radius 3 is 2.62 bits per heavy atom. The SMILES string of the molecule is CC(C)c1cccc(OCCS(=O)(=O)Cl)c1. The van der Waals surface area contributed by atoms with E-state index in [9.17, 15) is 8.42 Å². The minimum atomic E-state index is -3.47. The van der Waals surface area contributed by atoms with Crippen LogP contribution < -0.4 is 4.74 Å². The largest absolute Gasteiger partial charge is 0.492 e. The zero-order chi connectivity index (χ0) is 12.2. The van der Waals surface area contributed by atoms with Crippen molar-refractivity contribution in [3.8, 4) is 5.75 Å². The van der Waals surface area contributed by atoms with Crippen molar-refractivity contribution in [2.45, 2.75) is 19.8 Å². The highest BCUT2D eigenvalue weighted by atomic mass is 35.7. The summed E-state index contributed by atoms with van der Waals surface area (Å²) in [5, 5.41) is 0. The first-order valence-corrected chi connectivity index (χ1v) is 7.51. The van der Waals surface area contributed by atoms with Crippen LogP contribution in [-0.2, 0) is 9.05 Å². The molecular formula is C11H15ClO3S. The van der Waals surface area contributed by atoms with Gasteiger partial charge in [0.1, 0.15) is 12.4 Å². The summed E-state index contributed by atoms with van der Waals surface area (Å²) in [4.78, 5) is 0. The molecule has 3 nitrogen and oxygen atoms in total. The van der Waals surface area contributed by atoms with Crippen LogP contribution in [0.5, 0.6) is 5.75 Å². The molecule has 0 fully saturated rings. The van der Waals surface area contributed by atoms with Crippen LogP contribution in [0.3, 0.4) is 0 Å². The van der Waals surface area contributed by atoms with Gasteiger partial charge in [-0.05, 0) is 23.6 Å². The summed E-state index contributed by atoms with van der Waals surface area (Å²) in [6.45, 7) is 4.25. The van der Waals surface area contributed by atoms with Gasteiger partial charge in [-0.25, -0.2) is 8.42 Å². The molecule has 0 spiro atoms. The van der Waals surface area contributed by atoms with Gasteiger partial charge >= 0.3 is 0 Å². The lowest BCUT2D eigenvalue weighted by Crippen LogP contribution is -2.08. The van der Waals surface area contributed by atoms with Crippen LogP contribution in [0.25, 0.3) is 0 Å². The van der Waals surface area contributed by atoms with Gasteiger partial charge in [0.15, 0.2) is 0 Å². The number of ether oxygens (including phenoxy) is 1. The van der Waals surface area contributed by atoms with Crippen LogP contribution in [0.15, 0.2) is 24.3 Å². The van der Waals surface area contributed by atoms with Gasteiger partial charge in [0.2, 0.25) is 9.05 Å². The van der Waals surface area contributed by atoms with Crippen LogP contribution >= 0.6 is 10.7 Å². The van der Waals surface area contributed by atoms with Crippen molar-refractivity contribution >= 4 is 19.7 Å². The van der Waals surface area contributed by atoms with Crippen molar-refractivity contribution in [1.29, 1.82) is 0 Å². The van der Waals surface area contributed by atoms with Crippen LogP contribution in [0.1, 0.15) is 25.3 Å². The Bertz CT molecular complexity index is 440. The maximum absolute atomic E-state index is 10.7. The van der Waals surface area contributed by atoms with Crippen molar-refractivity contribution in [1.82, 2.24) is 0 Å². The summed E-state index contributed by atoms with van der Waals surface area (Å²) < 4.78 is 26.7. The van der Waals surface area contributed by atoms with E-state index in [1.54, 1.807) is 6.07 Å². The Morgan fingerprint density at radius 1 is 1.38 bits per heavy atom. The summed E-state index contributed by atoms with van der Waals surface area (Å²) in [6, 6.07) is 7.61. The van der Waals surface area contributed by atoms with Crippen molar-refractivity contribution in [3.63, 3.8) is 0 Å². The zero-order valence-corrected chi connectivity index (χ0v) is 10.9. The summed E-state index contributed by atoms with van der Waals surface area (Å²) in [5.41, 5.74) is 1.16. The third-order valence-electron chi connectivity index (χ3n) is 2.12. The monoisotopic (exact) mass is 262 g/mol. The third-order valence-corrected chi connectivity index (χ3v) is 3.24. The standard InChI is InChI=1S/C11H15ClO3S/c1-9(2)10-4-3-5-11(8-10)15-6-7-16(12,13)14/h3-5,8-9H,6-7H2,1-2H3. The van der Waals surface area contributed by atoms with Gasteiger partial charge in [-0.15, -0.1) is 0 Å². The van der Waals surface area contributed by atoms with Gasteiger partial charge in [-0.2, -0.15) is 0 Å². The summed E-state index contributed by atoms with van der Waals surface area (Å²) in [7, 11) is 1.60. The number of hydrogen-bond donors (Lipinski definition) is 0. The van der Waals surface area contributed by atoms with E-state index in [1.165, 1.54) is 0 Å². The molecule has 0 atom stereocenters. The molecule has 16 heavy (non-hydrogen) atoms. The molecule has 1 rings (SSSR count). The topological polar surface area (TPSA) is 43.4 Å². The maximum atomic E-state index is 10.7. The molecule has 90 valence electrons. The highest BCUT2D eigenvalue weighted by Gasteiger charge is 2.06. The first-order chi connectivity index (χ1) is 7.38. The molecule has 0 unspecified atom stereocenters. The molecule has 0 bridgehead atoms. The zero-order valence-electron chi connectivity index (χ0n) is 9.31. The molecular weight excluding hydrogens is 248 g/mol. The smallest absolute Gasteiger partial charge is 0.235 e. The second kappa shape index (κ2) is 5.55. The quantitative estimate of drug-likeness (QED) is 0.767. The van der Waals surface area contributed by atoms with E-state index in [2.05, 4.69) is 13.8 Å². The Labute approximate surface area is 101 Å². The fourth-order valence-electron chi connectivity index (χ4n) is 1.22. The normalized spacial score (nSPS) is 11.8. The highest BCUT2D eigenvalue weighted by molar-refractivity contribution is 8.13. The average molecular weight is 263 g/mol. The third kappa shape index (κ3) is 4.86. The molecule has 0 aliphatic heterocycles. The molecule has 0 N–H and O–H groups in total. The molecule has 5 heteroatoms. The summed E-state index contributed by atoms with van der Waals surface area (Å²) >= 11 is 0. The summed E-state index contributed by atoms with van der Waals surface area (Å²) in [5.74, 6) is 0.910. The molecule has 0 aromatic heterocycles. The Kier molecular flexibility index (Phi) is 4.62. The number of benzene rings is 1. The minimum absolute atomic E-state index is 0.0768. The molecule has 0 saturated heterocycles. The van der Waals surface area contributed by atoms with E-state index >= 15 is 0 Å². The molecule has 0 aliphatic rings. The van der Waals surface area contributed by atoms with E-state index in [-0.39, 0.29) is 12.4 Å². The Balaban J connectivity index is 2.58. The van der Waals surface area contributed by atoms with Gasteiger partial charge in [0, 0.05) is 10.7 Å². The molecule has 0 amide bonds. The fourth-order valence-corrected chi connectivity index (χ4v) is 1.69. The van der Waals surface area contributed by atoms with Crippen molar-refractivity contribution in [2.24, 2.45) is 0 Å². The van der Waals surface area contributed by atoms with Crippen LogP contribution in [0.2, 0.25) is 0 Å². The van der Waals surface area contributed by atoms with Crippen molar-refractivity contribution in [3.05, 3.63) is 29.8 Å². The van der Waals surface area contributed by atoms with Gasteiger partial charge < -0.3 is 4.74 Å². The highest BCUT2D eigenvalue weighted by Crippen LogP contribution is 2.20. The van der Waals surface area contributed by atoms with Gasteiger partial charge in [0.25, 0.3) is 0 Å². The van der Waals surface area contributed by atoms with Crippen LogP contribution in [0, 0.1) is 0 Å². The first kappa shape index (κ1) is 13.3. The predicted molar refractivity (Wildman–Crippen MR) is 65.7 cm³/mol. The van der Waals surface area contributed by atoms with Crippen molar-refractivity contribution < 1.29 is 13.2 Å². The lowest BCUT2D eigenvalue weighted by molar-refractivity contribution is 0.341. The van der Waals surface area contributed by atoms with E-state index in [0.29, 0.717) is 11.7 Å². The van der Waals surface area contributed by atoms with Crippen molar-refractivity contribution in [2.75, 3.05) is 12.4 Å².